The Morgan fingerprint density at radius 3 is 2.96 bits per heavy atom. The van der Waals surface area contributed by atoms with Gasteiger partial charge in [-0.05, 0) is 26.2 Å². The highest BCUT2D eigenvalue weighted by Crippen LogP contribution is 2.34. The van der Waals surface area contributed by atoms with Crippen LogP contribution in [0.4, 0.5) is 0 Å². The van der Waals surface area contributed by atoms with Crippen LogP contribution in [0.1, 0.15) is 47.2 Å². The van der Waals surface area contributed by atoms with Gasteiger partial charge in [-0.2, -0.15) is 5.10 Å². The van der Waals surface area contributed by atoms with Gasteiger partial charge in [0.25, 0.3) is 11.8 Å². The van der Waals surface area contributed by atoms with E-state index in [2.05, 4.69) is 20.3 Å². The number of aryl methyl sites for hydroxylation is 2. The molecule has 0 aromatic carbocycles. The summed E-state index contributed by atoms with van der Waals surface area (Å²) in [5.41, 5.74) is 3.20. The van der Waals surface area contributed by atoms with Gasteiger partial charge in [0.15, 0.2) is 0 Å². The molecule has 9 heteroatoms. The van der Waals surface area contributed by atoms with Crippen molar-refractivity contribution in [1.29, 1.82) is 0 Å². The van der Waals surface area contributed by atoms with Crippen LogP contribution in [0, 0.1) is 6.92 Å². The van der Waals surface area contributed by atoms with Crippen molar-refractivity contribution >= 4 is 17.2 Å². The Morgan fingerprint density at radius 2 is 2.24 bits per heavy atom. The number of hydrogen-bond acceptors (Lipinski definition) is 7. The van der Waals surface area contributed by atoms with Crippen LogP contribution < -0.4 is 0 Å². The van der Waals surface area contributed by atoms with Crippen molar-refractivity contribution in [2.45, 2.75) is 32.2 Å². The van der Waals surface area contributed by atoms with Crippen molar-refractivity contribution in [3.8, 4) is 10.8 Å². The molecule has 0 saturated carbocycles. The molecule has 1 fully saturated rings. The summed E-state index contributed by atoms with van der Waals surface area (Å²) in [6.07, 6.45) is 6.13. The lowest BCUT2D eigenvalue weighted by atomic mass is 10.0. The average molecular weight is 358 g/mol. The fraction of sp³-hybridized carbons (Fsp3) is 0.438. The molecular weight excluding hydrogens is 340 g/mol. The van der Waals surface area contributed by atoms with Crippen molar-refractivity contribution < 1.29 is 9.21 Å². The van der Waals surface area contributed by atoms with Crippen LogP contribution in [-0.4, -0.2) is 42.3 Å². The number of piperidine rings is 1. The SMILES string of the molecule is Cc1ncsc1-c1nnc([C@H]2CCCCN2C(=O)c2cnn(C)c2)o1. The molecule has 1 amide bonds. The van der Waals surface area contributed by atoms with Gasteiger partial charge in [-0.15, -0.1) is 21.5 Å². The van der Waals surface area contributed by atoms with Gasteiger partial charge in [0.2, 0.25) is 5.89 Å². The number of aromatic nitrogens is 5. The third kappa shape index (κ3) is 2.95. The fourth-order valence-electron chi connectivity index (χ4n) is 3.10. The van der Waals surface area contributed by atoms with Crippen molar-refractivity contribution in [3.63, 3.8) is 0 Å². The number of amides is 1. The molecule has 0 unspecified atom stereocenters. The molecule has 0 aliphatic carbocycles. The van der Waals surface area contributed by atoms with Crippen LogP contribution in [0.25, 0.3) is 10.8 Å². The van der Waals surface area contributed by atoms with E-state index in [9.17, 15) is 4.79 Å². The van der Waals surface area contributed by atoms with Crippen LogP contribution in [0.2, 0.25) is 0 Å². The summed E-state index contributed by atoms with van der Waals surface area (Å²) in [6.45, 7) is 2.59. The Kier molecular flexibility index (Phi) is 4.08. The zero-order valence-electron chi connectivity index (χ0n) is 14.0. The van der Waals surface area contributed by atoms with Crippen molar-refractivity contribution in [2.24, 2.45) is 7.05 Å². The molecule has 0 spiro atoms. The number of hydrogen-bond donors (Lipinski definition) is 0. The first kappa shape index (κ1) is 15.9. The summed E-state index contributed by atoms with van der Waals surface area (Å²) in [5, 5.41) is 12.5. The average Bonchev–Trinajstić information content (AvgIpc) is 3.35. The van der Waals surface area contributed by atoms with Crippen LogP contribution in [0.3, 0.4) is 0 Å². The predicted molar refractivity (Wildman–Crippen MR) is 91.0 cm³/mol. The number of rotatable bonds is 3. The smallest absolute Gasteiger partial charge is 0.259 e. The van der Waals surface area contributed by atoms with Crippen LogP contribution in [-0.2, 0) is 7.05 Å². The normalized spacial score (nSPS) is 17.8. The van der Waals surface area contributed by atoms with E-state index >= 15 is 0 Å². The van der Waals surface area contributed by atoms with Gasteiger partial charge in [-0.3, -0.25) is 9.48 Å². The summed E-state index contributed by atoms with van der Waals surface area (Å²) < 4.78 is 7.53. The zero-order valence-corrected chi connectivity index (χ0v) is 14.9. The molecule has 1 atom stereocenters. The zero-order chi connectivity index (χ0) is 17.4. The lowest BCUT2D eigenvalue weighted by Gasteiger charge is -2.33. The fourth-order valence-corrected chi connectivity index (χ4v) is 3.82. The first-order chi connectivity index (χ1) is 12.1. The van der Waals surface area contributed by atoms with Gasteiger partial charge in [-0.25, -0.2) is 4.98 Å². The van der Waals surface area contributed by atoms with Crippen molar-refractivity contribution in [1.82, 2.24) is 29.9 Å². The maximum Gasteiger partial charge on any atom is 0.259 e. The topological polar surface area (TPSA) is 89.9 Å². The van der Waals surface area contributed by atoms with Crippen molar-refractivity contribution in [2.75, 3.05) is 6.54 Å². The monoisotopic (exact) mass is 358 g/mol. The van der Waals surface area contributed by atoms with E-state index in [4.69, 9.17) is 4.42 Å². The minimum atomic E-state index is -0.198. The third-order valence-corrected chi connectivity index (χ3v) is 5.30. The minimum absolute atomic E-state index is 0.0495. The largest absolute Gasteiger partial charge is 0.418 e. The van der Waals surface area contributed by atoms with Crippen molar-refractivity contribution in [3.05, 3.63) is 35.1 Å². The van der Waals surface area contributed by atoms with E-state index in [1.165, 1.54) is 11.3 Å². The molecule has 0 bridgehead atoms. The summed E-state index contributed by atoms with van der Waals surface area (Å²) in [5.74, 6) is 0.903. The predicted octanol–water partition coefficient (Wildman–Crippen LogP) is 2.60. The van der Waals surface area contributed by atoms with Gasteiger partial charge >= 0.3 is 0 Å². The second-order valence-corrected chi connectivity index (χ2v) is 6.98. The van der Waals surface area contributed by atoms with Gasteiger partial charge in [0.05, 0.1) is 23.0 Å². The second-order valence-electron chi connectivity index (χ2n) is 6.13. The van der Waals surface area contributed by atoms with E-state index in [0.29, 0.717) is 23.9 Å². The summed E-state index contributed by atoms with van der Waals surface area (Å²) >= 11 is 1.47. The Bertz CT molecular complexity index is 898. The molecule has 25 heavy (non-hydrogen) atoms. The number of thiazole rings is 1. The number of likely N-dealkylation sites (tertiary alicyclic amines) is 1. The molecule has 8 nitrogen and oxygen atoms in total. The quantitative estimate of drug-likeness (QED) is 0.715. The van der Waals surface area contributed by atoms with E-state index in [0.717, 1.165) is 29.8 Å². The molecule has 4 heterocycles. The molecule has 1 aliphatic rings. The Hall–Kier alpha value is -2.55. The molecule has 1 aliphatic heterocycles. The Morgan fingerprint density at radius 1 is 1.36 bits per heavy atom. The lowest BCUT2D eigenvalue weighted by molar-refractivity contribution is 0.0572. The second kappa shape index (κ2) is 6.40. The molecule has 130 valence electrons. The molecule has 3 aromatic heterocycles. The minimum Gasteiger partial charge on any atom is -0.418 e. The highest BCUT2D eigenvalue weighted by molar-refractivity contribution is 7.13. The van der Waals surface area contributed by atoms with Crippen LogP contribution in [0.5, 0.6) is 0 Å². The standard InChI is InChI=1S/C16H18N6O2S/c1-10-13(25-9-17-10)15-20-19-14(24-15)12-5-3-4-6-22(12)16(23)11-7-18-21(2)8-11/h7-9,12H,3-6H2,1-2H3/t12-/m1/s1. The van der Waals surface area contributed by atoms with Gasteiger partial charge in [0.1, 0.15) is 10.9 Å². The first-order valence-electron chi connectivity index (χ1n) is 8.17. The number of nitrogens with zero attached hydrogens (tertiary/aromatic N) is 6. The third-order valence-electron chi connectivity index (χ3n) is 4.38. The molecule has 3 aromatic rings. The van der Waals surface area contributed by atoms with E-state index in [1.54, 1.807) is 29.6 Å². The first-order valence-corrected chi connectivity index (χ1v) is 9.05. The maximum atomic E-state index is 12.9. The van der Waals surface area contributed by atoms with Gasteiger partial charge in [0, 0.05) is 19.8 Å². The summed E-state index contributed by atoms with van der Waals surface area (Å²) in [4.78, 5) is 19.8. The van der Waals surface area contributed by atoms with Crippen LogP contribution in [0.15, 0.2) is 22.3 Å². The highest BCUT2D eigenvalue weighted by Gasteiger charge is 2.33. The number of carbonyl (C=O) groups is 1. The number of carbonyl (C=O) groups excluding carboxylic acids is 1. The molecule has 0 radical (unpaired) electrons. The van der Waals surface area contributed by atoms with Gasteiger partial charge in [-0.1, -0.05) is 0 Å². The summed E-state index contributed by atoms with van der Waals surface area (Å²) in [7, 11) is 1.80. The molecule has 4 rings (SSSR count). The van der Waals surface area contributed by atoms with Crippen LogP contribution >= 0.6 is 11.3 Å². The molecular formula is C16H18N6O2S. The van der Waals surface area contributed by atoms with E-state index in [1.807, 2.05) is 11.8 Å². The van der Waals surface area contributed by atoms with Gasteiger partial charge < -0.3 is 9.32 Å². The highest BCUT2D eigenvalue weighted by atomic mass is 32.1. The Balaban J connectivity index is 1.62. The van der Waals surface area contributed by atoms with E-state index < -0.39 is 0 Å². The Labute approximate surface area is 148 Å². The molecule has 1 saturated heterocycles. The van der Waals surface area contributed by atoms with E-state index in [-0.39, 0.29) is 11.9 Å². The lowest BCUT2D eigenvalue weighted by Crippen LogP contribution is -2.38. The summed E-state index contributed by atoms with van der Waals surface area (Å²) in [6, 6.07) is -0.198. The maximum absolute atomic E-state index is 12.9. The molecule has 0 N–H and O–H groups in total.